The molecule has 0 aliphatic rings. The lowest BCUT2D eigenvalue weighted by atomic mass is 10.1. The van der Waals surface area contributed by atoms with E-state index in [9.17, 15) is 5.11 Å². The molecule has 3 heteroatoms. The average Bonchev–Trinajstić information content (AvgIpc) is 2.28. The van der Waals surface area contributed by atoms with Gasteiger partial charge in [-0.2, -0.15) is 0 Å². The molecule has 1 aromatic carbocycles. The summed E-state index contributed by atoms with van der Waals surface area (Å²) in [6.45, 7) is 8.48. The molecule has 2 N–H and O–H groups in total. The van der Waals surface area contributed by atoms with Crippen molar-refractivity contribution < 1.29 is 5.11 Å². The van der Waals surface area contributed by atoms with Crippen molar-refractivity contribution in [2.24, 2.45) is 0 Å². The lowest BCUT2D eigenvalue weighted by molar-refractivity contribution is 0.270. The highest BCUT2D eigenvalue weighted by Gasteiger charge is 2.06. The number of benzene rings is 1. The average molecular weight is 236 g/mol. The highest BCUT2D eigenvalue weighted by atomic mass is 16.3. The molecule has 96 valence electrons. The number of phenols is 1. The van der Waals surface area contributed by atoms with Crippen molar-refractivity contribution in [1.82, 2.24) is 10.2 Å². The molecule has 3 nitrogen and oxygen atoms in total. The molecule has 0 aromatic heterocycles. The third-order valence-electron chi connectivity index (χ3n) is 3.17. The molecule has 1 unspecified atom stereocenters. The number of nitrogens with zero attached hydrogens (tertiary/aromatic N) is 1. The summed E-state index contributed by atoms with van der Waals surface area (Å²) in [5, 5.41) is 12.9. The molecule has 0 spiro atoms. The molecule has 0 aliphatic heterocycles. The van der Waals surface area contributed by atoms with Crippen molar-refractivity contribution in [3.05, 3.63) is 29.8 Å². The van der Waals surface area contributed by atoms with Crippen molar-refractivity contribution in [3.63, 3.8) is 0 Å². The zero-order valence-electron chi connectivity index (χ0n) is 11.3. The van der Waals surface area contributed by atoms with Crippen LogP contribution in [0.2, 0.25) is 0 Å². The van der Waals surface area contributed by atoms with Crippen LogP contribution in [0, 0.1) is 0 Å². The summed E-state index contributed by atoms with van der Waals surface area (Å²) in [7, 11) is 2.13. The number of phenolic OH excluding ortho intramolecular Hbond substituents is 1. The van der Waals surface area contributed by atoms with Gasteiger partial charge in [0.25, 0.3) is 0 Å². The maximum atomic E-state index is 9.41. The van der Waals surface area contributed by atoms with Crippen LogP contribution in [0.5, 0.6) is 5.75 Å². The van der Waals surface area contributed by atoms with Gasteiger partial charge < -0.3 is 15.3 Å². The first-order chi connectivity index (χ1) is 8.00. The second-order valence-electron chi connectivity index (χ2n) is 4.85. The third kappa shape index (κ3) is 4.75. The monoisotopic (exact) mass is 236 g/mol. The SMILES string of the molecule is CC(NCCN(C)C(C)C)c1cccc(O)c1. The van der Waals surface area contributed by atoms with Gasteiger partial charge in [-0.05, 0) is 45.5 Å². The quantitative estimate of drug-likeness (QED) is 0.796. The van der Waals surface area contributed by atoms with Crippen LogP contribution >= 0.6 is 0 Å². The lowest BCUT2D eigenvalue weighted by Gasteiger charge is -2.22. The molecule has 0 fully saturated rings. The Kier molecular flexibility index (Phi) is 5.45. The number of rotatable bonds is 6. The first kappa shape index (κ1) is 14.0. The van der Waals surface area contributed by atoms with E-state index in [0.29, 0.717) is 11.8 Å². The van der Waals surface area contributed by atoms with Gasteiger partial charge in [-0.15, -0.1) is 0 Å². The van der Waals surface area contributed by atoms with E-state index in [0.717, 1.165) is 18.7 Å². The maximum Gasteiger partial charge on any atom is 0.115 e. The molecule has 1 atom stereocenters. The minimum atomic E-state index is 0.266. The summed E-state index contributed by atoms with van der Waals surface area (Å²) < 4.78 is 0. The van der Waals surface area contributed by atoms with E-state index in [-0.39, 0.29) is 6.04 Å². The van der Waals surface area contributed by atoms with Crippen LogP contribution in [-0.2, 0) is 0 Å². The smallest absolute Gasteiger partial charge is 0.115 e. The van der Waals surface area contributed by atoms with E-state index < -0.39 is 0 Å². The van der Waals surface area contributed by atoms with Gasteiger partial charge in [0.1, 0.15) is 5.75 Å². The van der Waals surface area contributed by atoms with Crippen LogP contribution < -0.4 is 5.32 Å². The van der Waals surface area contributed by atoms with E-state index in [1.54, 1.807) is 6.07 Å². The van der Waals surface area contributed by atoms with Crippen LogP contribution in [0.3, 0.4) is 0 Å². The fraction of sp³-hybridized carbons (Fsp3) is 0.571. The molecule has 1 aromatic rings. The summed E-state index contributed by atoms with van der Waals surface area (Å²) in [5.41, 5.74) is 1.12. The topological polar surface area (TPSA) is 35.5 Å². The van der Waals surface area contributed by atoms with E-state index in [1.807, 2.05) is 18.2 Å². The Morgan fingerprint density at radius 2 is 2.00 bits per heavy atom. The summed E-state index contributed by atoms with van der Waals surface area (Å²) in [6.07, 6.45) is 0. The Morgan fingerprint density at radius 1 is 1.29 bits per heavy atom. The van der Waals surface area contributed by atoms with Gasteiger partial charge in [-0.1, -0.05) is 12.1 Å². The second-order valence-corrected chi connectivity index (χ2v) is 4.85. The van der Waals surface area contributed by atoms with Crippen LogP contribution in [0.25, 0.3) is 0 Å². The van der Waals surface area contributed by atoms with Gasteiger partial charge >= 0.3 is 0 Å². The Hall–Kier alpha value is -1.06. The Balaban J connectivity index is 2.37. The van der Waals surface area contributed by atoms with Crippen molar-refractivity contribution in [2.75, 3.05) is 20.1 Å². The van der Waals surface area contributed by atoms with Crippen molar-refractivity contribution >= 4 is 0 Å². The Labute approximate surface area is 104 Å². The van der Waals surface area contributed by atoms with Crippen molar-refractivity contribution in [2.45, 2.75) is 32.9 Å². The van der Waals surface area contributed by atoms with Gasteiger partial charge in [0.2, 0.25) is 0 Å². The predicted octanol–water partition coefficient (Wildman–Crippen LogP) is 2.38. The molecule has 0 saturated carbocycles. The third-order valence-corrected chi connectivity index (χ3v) is 3.17. The zero-order chi connectivity index (χ0) is 12.8. The van der Waals surface area contributed by atoms with Crippen molar-refractivity contribution in [1.29, 1.82) is 0 Å². The molecule has 1 rings (SSSR count). The van der Waals surface area contributed by atoms with E-state index in [4.69, 9.17) is 0 Å². The van der Waals surface area contributed by atoms with Crippen LogP contribution in [0.15, 0.2) is 24.3 Å². The van der Waals surface area contributed by atoms with Gasteiger partial charge in [0.15, 0.2) is 0 Å². The number of aromatic hydroxyl groups is 1. The molecule has 17 heavy (non-hydrogen) atoms. The first-order valence-corrected chi connectivity index (χ1v) is 6.23. The minimum Gasteiger partial charge on any atom is -0.508 e. The molecular weight excluding hydrogens is 212 g/mol. The highest BCUT2D eigenvalue weighted by Crippen LogP contribution is 2.17. The van der Waals surface area contributed by atoms with E-state index >= 15 is 0 Å². The Morgan fingerprint density at radius 3 is 2.59 bits per heavy atom. The lowest BCUT2D eigenvalue weighted by Crippen LogP contribution is -2.34. The van der Waals surface area contributed by atoms with E-state index in [1.165, 1.54) is 0 Å². The van der Waals surface area contributed by atoms with Gasteiger partial charge in [-0.25, -0.2) is 0 Å². The first-order valence-electron chi connectivity index (χ1n) is 6.23. The van der Waals surface area contributed by atoms with E-state index in [2.05, 4.69) is 38.0 Å². The largest absolute Gasteiger partial charge is 0.508 e. The summed E-state index contributed by atoms with van der Waals surface area (Å²) >= 11 is 0. The minimum absolute atomic E-state index is 0.266. The fourth-order valence-electron chi connectivity index (χ4n) is 1.63. The molecule has 0 bridgehead atoms. The molecule has 0 radical (unpaired) electrons. The predicted molar refractivity (Wildman–Crippen MR) is 72.3 cm³/mol. The highest BCUT2D eigenvalue weighted by molar-refractivity contribution is 5.28. The summed E-state index contributed by atoms with van der Waals surface area (Å²) in [6, 6.07) is 8.26. The van der Waals surface area contributed by atoms with Crippen LogP contribution in [-0.4, -0.2) is 36.2 Å². The molecule has 0 amide bonds. The van der Waals surface area contributed by atoms with Crippen molar-refractivity contribution in [3.8, 4) is 5.75 Å². The van der Waals surface area contributed by atoms with Gasteiger partial charge in [-0.3, -0.25) is 0 Å². The maximum absolute atomic E-state index is 9.41. The number of likely N-dealkylation sites (N-methyl/N-ethyl adjacent to an activating group) is 1. The van der Waals surface area contributed by atoms with Crippen LogP contribution in [0.4, 0.5) is 0 Å². The van der Waals surface area contributed by atoms with Gasteiger partial charge in [0, 0.05) is 25.2 Å². The molecule has 0 aliphatic carbocycles. The fourth-order valence-corrected chi connectivity index (χ4v) is 1.63. The summed E-state index contributed by atoms with van der Waals surface area (Å²) in [4.78, 5) is 2.31. The number of nitrogens with one attached hydrogen (secondary N) is 1. The Bertz CT molecular complexity index is 339. The second kappa shape index (κ2) is 6.62. The normalized spacial score (nSPS) is 13.3. The molecular formula is C14H24N2O. The number of hydrogen-bond donors (Lipinski definition) is 2. The zero-order valence-corrected chi connectivity index (χ0v) is 11.3. The molecule has 0 saturated heterocycles. The van der Waals surface area contributed by atoms with Crippen LogP contribution in [0.1, 0.15) is 32.4 Å². The van der Waals surface area contributed by atoms with Gasteiger partial charge in [0.05, 0.1) is 0 Å². The molecule has 0 heterocycles. The number of hydrogen-bond acceptors (Lipinski definition) is 3. The summed E-state index contributed by atoms with van der Waals surface area (Å²) in [5.74, 6) is 0.329. The standard InChI is InChI=1S/C14H24N2O/c1-11(2)16(4)9-8-15-12(3)13-6-5-7-14(17)10-13/h5-7,10-12,15,17H,8-9H2,1-4H3.